The molecule has 1 aliphatic heterocycles. The van der Waals surface area contributed by atoms with Crippen LogP contribution in [0.5, 0.6) is 0 Å². The van der Waals surface area contributed by atoms with Gasteiger partial charge >= 0.3 is 0 Å². The maximum absolute atomic E-state index is 4.53. The van der Waals surface area contributed by atoms with Crippen molar-refractivity contribution >= 4 is 22.8 Å². The van der Waals surface area contributed by atoms with Crippen LogP contribution in [-0.2, 0) is 6.54 Å². The second-order valence-corrected chi connectivity index (χ2v) is 4.53. The van der Waals surface area contributed by atoms with Gasteiger partial charge in [0.25, 0.3) is 0 Å². The smallest absolute Gasteiger partial charge is 0.0719 e. The van der Waals surface area contributed by atoms with Crippen LogP contribution < -0.4 is 0 Å². The van der Waals surface area contributed by atoms with E-state index in [1.54, 1.807) is 0 Å². The molecule has 0 saturated carbocycles. The zero-order chi connectivity index (χ0) is 11.9. The zero-order valence-electron chi connectivity index (χ0n) is 9.88. The predicted octanol–water partition coefficient (Wildman–Crippen LogP) is 4.02. The van der Waals surface area contributed by atoms with Gasteiger partial charge in [-0.1, -0.05) is 36.4 Å². The molecule has 18 heavy (non-hydrogen) atoms. The summed E-state index contributed by atoms with van der Waals surface area (Å²) in [5.41, 5.74) is 4.79. The number of hydrogen-bond acceptors (Lipinski definition) is 1. The Labute approximate surface area is 105 Å². The van der Waals surface area contributed by atoms with Crippen molar-refractivity contribution in [2.75, 3.05) is 0 Å². The van der Waals surface area contributed by atoms with Gasteiger partial charge in [-0.25, -0.2) is 0 Å². The Hall–Kier alpha value is -2.35. The van der Waals surface area contributed by atoms with Crippen LogP contribution in [0.1, 0.15) is 0 Å². The number of hydrogen-bond donors (Lipinski definition) is 0. The topological polar surface area (TPSA) is 17.3 Å². The standard InChI is InChI=1S/C16H12N2/c1-4-8-15-12(5-1)11-16-13-6-2-3-7-14(13)17-9-10-18(15)16/h1-9,11H,10H2. The highest BCUT2D eigenvalue weighted by Gasteiger charge is 2.14. The summed E-state index contributed by atoms with van der Waals surface area (Å²) in [5.74, 6) is 0. The molecule has 4 rings (SSSR count). The fraction of sp³-hybridized carbons (Fsp3) is 0.0625. The Bertz CT molecular complexity index is 766. The molecule has 2 heteroatoms. The fourth-order valence-corrected chi connectivity index (χ4v) is 2.65. The molecule has 0 amide bonds. The lowest BCUT2D eigenvalue weighted by molar-refractivity contribution is 0.925. The highest BCUT2D eigenvalue weighted by Crippen LogP contribution is 2.35. The summed E-state index contributed by atoms with van der Waals surface area (Å²) in [6, 6.07) is 19.1. The molecule has 0 atom stereocenters. The minimum atomic E-state index is 0.831. The van der Waals surface area contributed by atoms with Gasteiger partial charge in [0.2, 0.25) is 0 Å². The molecule has 2 heterocycles. The number of aromatic nitrogens is 1. The van der Waals surface area contributed by atoms with Gasteiger partial charge in [-0.15, -0.1) is 0 Å². The summed E-state index contributed by atoms with van der Waals surface area (Å²) in [7, 11) is 0. The minimum absolute atomic E-state index is 0.831. The molecule has 0 bridgehead atoms. The molecular weight excluding hydrogens is 220 g/mol. The van der Waals surface area contributed by atoms with E-state index in [1.165, 1.54) is 22.2 Å². The van der Waals surface area contributed by atoms with Crippen molar-refractivity contribution in [3.63, 3.8) is 0 Å². The highest BCUT2D eigenvalue weighted by molar-refractivity contribution is 5.92. The molecule has 0 N–H and O–H groups in total. The van der Waals surface area contributed by atoms with Crippen LogP contribution in [0.2, 0.25) is 0 Å². The van der Waals surface area contributed by atoms with E-state index in [-0.39, 0.29) is 0 Å². The molecule has 0 spiro atoms. The fourth-order valence-electron chi connectivity index (χ4n) is 2.65. The van der Waals surface area contributed by atoms with E-state index < -0.39 is 0 Å². The lowest BCUT2D eigenvalue weighted by Gasteiger charge is -2.06. The summed E-state index contributed by atoms with van der Waals surface area (Å²) in [6.45, 7) is 0.831. The van der Waals surface area contributed by atoms with E-state index in [2.05, 4.69) is 58.1 Å². The van der Waals surface area contributed by atoms with Crippen LogP contribution in [0, 0.1) is 0 Å². The molecule has 0 radical (unpaired) electrons. The number of rotatable bonds is 0. The predicted molar refractivity (Wildman–Crippen MR) is 75.5 cm³/mol. The molecular formula is C16H12N2. The molecule has 1 aliphatic rings. The summed E-state index contributed by atoms with van der Waals surface area (Å²) < 4.78 is 2.32. The maximum atomic E-state index is 4.53. The molecule has 0 saturated heterocycles. The molecule has 0 aliphatic carbocycles. The maximum Gasteiger partial charge on any atom is 0.0719 e. The third-order valence-corrected chi connectivity index (χ3v) is 3.49. The summed E-state index contributed by atoms with van der Waals surface area (Å²) >= 11 is 0. The Morgan fingerprint density at radius 1 is 0.944 bits per heavy atom. The first-order valence-corrected chi connectivity index (χ1v) is 6.14. The Morgan fingerprint density at radius 3 is 2.78 bits per heavy atom. The van der Waals surface area contributed by atoms with Crippen LogP contribution in [0.25, 0.3) is 22.2 Å². The van der Waals surface area contributed by atoms with E-state index in [1.807, 2.05) is 12.3 Å². The lowest BCUT2D eigenvalue weighted by Crippen LogP contribution is -1.98. The monoisotopic (exact) mass is 232 g/mol. The van der Waals surface area contributed by atoms with Gasteiger partial charge in [0.15, 0.2) is 0 Å². The third kappa shape index (κ3) is 1.26. The van der Waals surface area contributed by atoms with Crippen LogP contribution in [0.4, 0.5) is 5.69 Å². The number of aliphatic imine (C=N–C) groups is 1. The number of benzene rings is 2. The molecule has 1 aromatic heterocycles. The zero-order valence-corrected chi connectivity index (χ0v) is 9.88. The summed E-state index contributed by atoms with van der Waals surface area (Å²) in [6.07, 6.45) is 1.99. The Morgan fingerprint density at radius 2 is 1.78 bits per heavy atom. The number of fused-ring (bicyclic) bond motifs is 5. The van der Waals surface area contributed by atoms with Crippen LogP contribution in [0.3, 0.4) is 0 Å². The van der Waals surface area contributed by atoms with Gasteiger partial charge in [0.1, 0.15) is 0 Å². The average molecular weight is 232 g/mol. The number of para-hydroxylation sites is 2. The van der Waals surface area contributed by atoms with Crippen molar-refractivity contribution in [1.29, 1.82) is 0 Å². The van der Waals surface area contributed by atoms with Gasteiger partial charge in [-0.2, -0.15) is 0 Å². The molecule has 3 aromatic rings. The second kappa shape index (κ2) is 3.57. The van der Waals surface area contributed by atoms with Gasteiger partial charge in [-0.3, -0.25) is 4.99 Å². The van der Waals surface area contributed by atoms with Crippen molar-refractivity contribution in [3.05, 3.63) is 54.6 Å². The first kappa shape index (κ1) is 9.66. The van der Waals surface area contributed by atoms with E-state index >= 15 is 0 Å². The van der Waals surface area contributed by atoms with Crippen LogP contribution in [-0.4, -0.2) is 10.8 Å². The van der Waals surface area contributed by atoms with E-state index in [4.69, 9.17) is 0 Å². The van der Waals surface area contributed by atoms with Crippen LogP contribution >= 0.6 is 0 Å². The molecule has 2 nitrogen and oxygen atoms in total. The highest BCUT2D eigenvalue weighted by atomic mass is 15.0. The normalized spacial score (nSPS) is 13.1. The van der Waals surface area contributed by atoms with Gasteiger partial charge in [0, 0.05) is 22.7 Å². The third-order valence-electron chi connectivity index (χ3n) is 3.49. The Balaban J connectivity index is 2.13. The first-order chi connectivity index (χ1) is 8.93. The number of nitrogens with zero attached hydrogens (tertiary/aromatic N) is 2. The molecule has 0 unspecified atom stereocenters. The van der Waals surface area contributed by atoms with E-state index in [0.717, 1.165) is 12.2 Å². The first-order valence-electron chi connectivity index (χ1n) is 6.14. The molecule has 86 valence electrons. The quantitative estimate of drug-likeness (QED) is 0.557. The second-order valence-electron chi connectivity index (χ2n) is 4.53. The van der Waals surface area contributed by atoms with Gasteiger partial charge in [-0.05, 0) is 18.2 Å². The summed E-state index contributed by atoms with van der Waals surface area (Å²) in [4.78, 5) is 4.53. The largest absolute Gasteiger partial charge is 0.335 e. The van der Waals surface area contributed by atoms with Crippen molar-refractivity contribution in [2.24, 2.45) is 4.99 Å². The van der Waals surface area contributed by atoms with E-state index in [0.29, 0.717) is 0 Å². The van der Waals surface area contributed by atoms with Crippen molar-refractivity contribution in [2.45, 2.75) is 6.54 Å². The van der Waals surface area contributed by atoms with Crippen molar-refractivity contribution in [1.82, 2.24) is 4.57 Å². The van der Waals surface area contributed by atoms with Gasteiger partial charge < -0.3 is 4.57 Å². The summed E-state index contributed by atoms with van der Waals surface area (Å²) in [5, 5.41) is 1.29. The van der Waals surface area contributed by atoms with Crippen molar-refractivity contribution < 1.29 is 0 Å². The molecule has 2 aromatic carbocycles. The Kier molecular flexibility index (Phi) is 1.92. The average Bonchev–Trinajstić information content (AvgIpc) is 2.69. The lowest BCUT2D eigenvalue weighted by atomic mass is 10.1. The SMILES string of the molecule is C1=Nc2ccccc2-c2cc3ccccc3n2C1. The van der Waals surface area contributed by atoms with Crippen molar-refractivity contribution in [3.8, 4) is 11.3 Å². The van der Waals surface area contributed by atoms with E-state index in [9.17, 15) is 0 Å². The van der Waals surface area contributed by atoms with Gasteiger partial charge in [0.05, 0.1) is 17.9 Å². The molecule has 0 fully saturated rings. The van der Waals surface area contributed by atoms with Crippen LogP contribution in [0.15, 0.2) is 59.6 Å². The minimum Gasteiger partial charge on any atom is -0.335 e.